The number of aromatic amines is 1. The molecule has 4 heteroatoms. The summed E-state index contributed by atoms with van der Waals surface area (Å²) in [6.45, 7) is 0. The summed E-state index contributed by atoms with van der Waals surface area (Å²) in [5, 5.41) is 4.86. The number of carbonyl (C=O) groups is 1. The second-order valence-corrected chi connectivity index (χ2v) is 7.82. The zero-order chi connectivity index (χ0) is 17.3. The summed E-state index contributed by atoms with van der Waals surface area (Å²) in [5.41, 5.74) is 0.911. The van der Waals surface area contributed by atoms with Crippen LogP contribution in [0.2, 0.25) is 0 Å². The minimum absolute atomic E-state index is 0.0316. The molecule has 25 heavy (non-hydrogen) atoms. The average molecular weight is 338 g/mol. The van der Waals surface area contributed by atoms with Crippen molar-refractivity contribution in [1.29, 1.82) is 0 Å². The van der Waals surface area contributed by atoms with Gasteiger partial charge in [0.15, 0.2) is 0 Å². The summed E-state index contributed by atoms with van der Waals surface area (Å²) in [4.78, 5) is 27.7. The van der Waals surface area contributed by atoms with Crippen molar-refractivity contribution in [2.75, 3.05) is 0 Å². The van der Waals surface area contributed by atoms with Crippen LogP contribution >= 0.6 is 0 Å². The molecule has 2 fully saturated rings. The molecule has 1 aromatic heterocycles. The van der Waals surface area contributed by atoms with Crippen LogP contribution in [0.3, 0.4) is 0 Å². The lowest BCUT2D eigenvalue weighted by Gasteiger charge is -2.42. The van der Waals surface area contributed by atoms with Gasteiger partial charge >= 0.3 is 0 Å². The second-order valence-electron chi connectivity index (χ2n) is 7.82. The third-order valence-electron chi connectivity index (χ3n) is 6.25. The molecule has 2 aromatic rings. The molecular formula is C21H26N2O2. The van der Waals surface area contributed by atoms with Gasteiger partial charge in [0.1, 0.15) is 0 Å². The van der Waals surface area contributed by atoms with Crippen LogP contribution in [0.4, 0.5) is 0 Å². The Bertz CT molecular complexity index is 833. The molecule has 4 nitrogen and oxygen atoms in total. The Morgan fingerprint density at radius 2 is 1.84 bits per heavy atom. The smallest absolute Gasteiger partial charge is 0.256 e. The minimum Gasteiger partial charge on any atom is -0.352 e. The number of nitrogens with one attached hydrogen (secondary N) is 2. The van der Waals surface area contributed by atoms with Crippen molar-refractivity contribution in [2.24, 2.45) is 5.41 Å². The summed E-state index contributed by atoms with van der Waals surface area (Å²) < 4.78 is 0. The van der Waals surface area contributed by atoms with Gasteiger partial charge in [0, 0.05) is 17.1 Å². The van der Waals surface area contributed by atoms with Crippen molar-refractivity contribution >= 4 is 16.7 Å². The fourth-order valence-electron chi connectivity index (χ4n) is 4.99. The molecule has 0 bridgehead atoms. The molecule has 0 saturated heterocycles. The molecular weight excluding hydrogens is 312 g/mol. The fourth-order valence-corrected chi connectivity index (χ4v) is 4.99. The van der Waals surface area contributed by atoms with Crippen molar-refractivity contribution in [1.82, 2.24) is 10.3 Å². The van der Waals surface area contributed by atoms with Gasteiger partial charge in [0.25, 0.3) is 5.56 Å². The molecule has 1 aromatic carbocycles. The van der Waals surface area contributed by atoms with Crippen LogP contribution in [0.1, 0.15) is 57.1 Å². The molecule has 2 aliphatic carbocycles. The van der Waals surface area contributed by atoms with E-state index >= 15 is 0 Å². The predicted octanol–water partition coefficient (Wildman–Crippen LogP) is 3.69. The summed E-state index contributed by atoms with van der Waals surface area (Å²) in [6, 6.07) is 9.72. The number of aromatic nitrogens is 1. The fraction of sp³-hybridized carbons (Fsp3) is 0.524. The quantitative estimate of drug-likeness (QED) is 0.896. The Hall–Kier alpha value is -2.10. The number of amides is 1. The van der Waals surface area contributed by atoms with Crippen LogP contribution in [0.15, 0.2) is 35.1 Å². The van der Waals surface area contributed by atoms with Crippen molar-refractivity contribution in [3.05, 3.63) is 46.4 Å². The Balaban J connectivity index is 1.49. The van der Waals surface area contributed by atoms with E-state index < -0.39 is 0 Å². The Kier molecular flexibility index (Phi) is 4.36. The van der Waals surface area contributed by atoms with E-state index in [1.54, 1.807) is 0 Å². The third-order valence-corrected chi connectivity index (χ3v) is 6.25. The first-order valence-electron chi connectivity index (χ1n) is 9.57. The van der Waals surface area contributed by atoms with Gasteiger partial charge in [-0.3, -0.25) is 9.59 Å². The minimum atomic E-state index is -0.120. The van der Waals surface area contributed by atoms with E-state index in [9.17, 15) is 9.59 Å². The lowest BCUT2D eigenvalue weighted by Crippen LogP contribution is -2.49. The van der Waals surface area contributed by atoms with E-state index in [0.717, 1.165) is 11.8 Å². The number of fused-ring (bicyclic) bond motifs is 1. The van der Waals surface area contributed by atoms with Gasteiger partial charge in [0.2, 0.25) is 5.91 Å². The number of hydrogen-bond acceptors (Lipinski definition) is 2. The van der Waals surface area contributed by atoms with E-state index in [4.69, 9.17) is 0 Å². The van der Waals surface area contributed by atoms with E-state index in [0.29, 0.717) is 22.5 Å². The number of H-pyrrole nitrogens is 1. The van der Waals surface area contributed by atoms with Gasteiger partial charge in [-0.15, -0.1) is 0 Å². The Morgan fingerprint density at radius 3 is 2.64 bits per heavy atom. The number of carbonyl (C=O) groups excluding carboxylic acids is 1. The van der Waals surface area contributed by atoms with Gasteiger partial charge in [-0.1, -0.05) is 43.9 Å². The molecule has 0 radical (unpaired) electrons. The highest BCUT2D eigenvalue weighted by molar-refractivity contribution is 5.84. The topological polar surface area (TPSA) is 62.0 Å². The van der Waals surface area contributed by atoms with E-state index in [1.807, 2.05) is 30.3 Å². The molecule has 1 atom stereocenters. The summed E-state index contributed by atoms with van der Waals surface area (Å²) in [6.07, 6.45) is 10.2. The largest absolute Gasteiger partial charge is 0.352 e. The monoisotopic (exact) mass is 338 g/mol. The molecule has 2 N–H and O–H groups in total. The summed E-state index contributed by atoms with van der Waals surface area (Å²) in [7, 11) is 0. The molecule has 2 saturated carbocycles. The van der Waals surface area contributed by atoms with Crippen molar-refractivity contribution in [3.63, 3.8) is 0 Å². The lowest BCUT2D eigenvalue weighted by atomic mass is 9.69. The van der Waals surface area contributed by atoms with Crippen molar-refractivity contribution in [3.8, 4) is 0 Å². The highest BCUT2D eigenvalue weighted by Gasteiger charge is 2.43. The maximum atomic E-state index is 12.6. The van der Waals surface area contributed by atoms with Gasteiger partial charge in [-0.2, -0.15) is 0 Å². The van der Waals surface area contributed by atoms with Gasteiger partial charge in [-0.05, 0) is 48.6 Å². The van der Waals surface area contributed by atoms with Crippen LogP contribution in [0, 0.1) is 5.41 Å². The predicted molar refractivity (Wildman–Crippen MR) is 99.6 cm³/mol. The second kappa shape index (κ2) is 6.66. The molecule has 1 amide bonds. The number of benzene rings is 1. The number of hydrogen-bond donors (Lipinski definition) is 2. The number of rotatable bonds is 3. The first-order valence-corrected chi connectivity index (χ1v) is 9.57. The van der Waals surface area contributed by atoms with Gasteiger partial charge < -0.3 is 10.3 Å². The highest BCUT2D eigenvalue weighted by Crippen LogP contribution is 2.49. The average Bonchev–Trinajstić information content (AvgIpc) is 3.06. The van der Waals surface area contributed by atoms with Gasteiger partial charge in [-0.25, -0.2) is 0 Å². The molecule has 2 aliphatic rings. The van der Waals surface area contributed by atoms with E-state index in [1.165, 1.54) is 44.9 Å². The van der Waals surface area contributed by atoms with E-state index in [2.05, 4.69) is 10.3 Å². The first-order chi connectivity index (χ1) is 12.2. The maximum absolute atomic E-state index is 12.6. The first kappa shape index (κ1) is 16.4. The van der Waals surface area contributed by atoms with Crippen LogP contribution in [-0.4, -0.2) is 16.9 Å². The molecule has 1 spiro atoms. The maximum Gasteiger partial charge on any atom is 0.256 e. The van der Waals surface area contributed by atoms with Crippen molar-refractivity contribution < 1.29 is 4.79 Å². The Morgan fingerprint density at radius 1 is 1.12 bits per heavy atom. The van der Waals surface area contributed by atoms with Crippen LogP contribution < -0.4 is 10.9 Å². The molecule has 0 unspecified atom stereocenters. The van der Waals surface area contributed by atoms with E-state index in [-0.39, 0.29) is 17.9 Å². The highest BCUT2D eigenvalue weighted by atomic mass is 16.1. The Labute approximate surface area is 148 Å². The molecule has 4 rings (SSSR count). The van der Waals surface area contributed by atoms with Gasteiger partial charge in [0.05, 0.1) is 6.42 Å². The molecule has 0 aliphatic heterocycles. The number of pyridine rings is 1. The molecule has 132 valence electrons. The third kappa shape index (κ3) is 3.22. The van der Waals surface area contributed by atoms with Crippen LogP contribution in [0.25, 0.3) is 10.8 Å². The summed E-state index contributed by atoms with van der Waals surface area (Å²) >= 11 is 0. The lowest BCUT2D eigenvalue weighted by molar-refractivity contribution is -0.122. The SMILES string of the molecule is O=C(Cc1cc2ccccc2c(=O)[nH]1)N[C@@H]1CCCCC12CCCC2. The van der Waals surface area contributed by atoms with Crippen LogP contribution in [-0.2, 0) is 11.2 Å². The zero-order valence-electron chi connectivity index (χ0n) is 14.6. The standard InChI is InChI=1S/C21H26N2O2/c24-19(23-18-9-3-4-10-21(18)11-5-6-12-21)14-16-13-15-7-1-2-8-17(15)20(25)22-16/h1-2,7-8,13,18H,3-6,9-12,14H2,(H,22,25)(H,23,24)/t18-/m1/s1. The van der Waals surface area contributed by atoms with Crippen molar-refractivity contribution in [2.45, 2.75) is 63.8 Å². The molecule has 1 heterocycles. The summed E-state index contributed by atoms with van der Waals surface area (Å²) in [5.74, 6) is 0.0316. The zero-order valence-corrected chi connectivity index (χ0v) is 14.6. The normalized spacial score (nSPS) is 22.3. The van der Waals surface area contributed by atoms with Crippen LogP contribution in [0.5, 0.6) is 0 Å².